The lowest BCUT2D eigenvalue weighted by Crippen LogP contribution is -2.40. The van der Waals surface area contributed by atoms with Crippen molar-refractivity contribution in [3.63, 3.8) is 0 Å². The number of rotatable bonds is 3. The number of hydrogen-bond acceptors (Lipinski definition) is 3. The second-order valence-corrected chi connectivity index (χ2v) is 4.94. The molecule has 0 radical (unpaired) electrons. The van der Waals surface area contributed by atoms with Crippen LogP contribution in [-0.4, -0.2) is 31.1 Å². The molecule has 2 atom stereocenters. The lowest BCUT2D eigenvalue weighted by Gasteiger charge is -2.35. The summed E-state index contributed by atoms with van der Waals surface area (Å²) in [5.41, 5.74) is 1.31. The molecular formula is C15H21NO2. The predicted octanol–water partition coefficient (Wildman–Crippen LogP) is 2.63. The first-order valence-corrected chi connectivity index (χ1v) is 6.59. The molecule has 0 amide bonds. The van der Waals surface area contributed by atoms with Crippen LogP contribution in [-0.2, 0) is 9.53 Å². The summed E-state index contributed by atoms with van der Waals surface area (Å²) in [7, 11) is 1.47. The summed E-state index contributed by atoms with van der Waals surface area (Å²) >= 11 is 0. The Hall–Kier alpha value is -1.35. The summed E-state index contributed by atoms with van der Waals surface area (Å²) in [6.45, 7) is 4.07. The minimum absolute atomic E-state index is 0.0370. The van der Waals surface area contributed by atoms with Gasteiger partial charge in [0, 0.05) is 12.6 Å². The molecule has 1 aromatic rings. The minimum Gasteiger partial charge on any atom is -0.469 e. The molecule has 0 N–H and O–H groups in total. The van der Waals surface area contributed by atoms with Gasteiger partial charge in [0.2, 0.25) is 0 Å². The Morgan fingerprint density at radius 1 is 1.39 bits per heavy atom. The van der Waals surface area contributed by atoms with Crippen LogP contribution in [0.4, 0.5) is 0 Å². The van der Waals surface area contributed by atoms with E-state index in [9.17, 15) is 4.79 Å². The maximum absolute atomic E-state index is 11.6. The van der Waals surface area contributed by atoms with E-state index in [2.05, 4.69) is 36.1 Å². The summed E-state index contributed by atoms with van der Waals surface area (Å²) < 4.78 is 4.86. The van der Waals surface area contributed by atoms with E-state index in [1.54, 1.807) is 0 Å². The van der Waals surface area contributed by atoms with Gasteiger partial charge in [0.1, 0.15) is 0 Å². The van der Waals surface area contributed by atoms with Crippen molar-refractivity contribution < 1.29 is 9.53 Å². The summed E-state index contributed by atoms with van der Waals surface area (Å²) in [6.07, 6.45) is 2.02. The van der Waals surface area contributed by atoms with Crippen molar-refractivity contribution >= 4 is 5.97 Å². The number of esters is 1. The van der Waals surface area contributed by atoms with Crippen molar-refractivity contribution in [1.29, 1.82) is 0 Å². The Balaban J connectivity index is 2.03. The van der Waals surface area contributed by atoms with Gasteiger partial charge in [-0.3, -0.25) is 9.69 Å². The van der Waals surface area contributed by atoms with Gasteiger partial charge in [0.25, 0.3) is 0 Å². The van der Waals surface area contributed by atoms with Gasteiger partial charge in [0.05, 0.1) is 13.0 Å². The molecule has 2 unspecified atom stereocenters. The molecule has 0 aliphatic carbocycles. The third kappa shape index (κ3) is 2.91. The van der Waals surface area contributed by atoms with Gasteiger partial charge in [-0.05, 0) is 31.9 Å². The van der Waals surface area contributed by atoms with Crippen molar-refractivity contribution in [2.45, 2.75) is 25.8 Å². The smallest absolute Gasteiger partial charge is 0.309 e. The van der Waals surface area contributed by atoms with Crippen LogP contribution in [0.2, 0.25) is 0 Å². The minimum atomic E-state index is -0.0695. The zero-order chi connectivity index (χ0) is 13.0. The fourth-order valence-corrected chi connectivity index (χ4v) is 2.66. The number of hydrogen-bond donors (Lipinski definition) is 0. The maximum atomic E-state index is 11.6. The van der Waals surface area contributed by atoms with Gasteiger partial charge in [-0.25, -0.2) is 0 Å². The third-order valence-corrected chi connectivity index (χ3v) is 3.82. The molecule has 1 fully saturated rings. The molecule has 1 aliphatic heterocycles. The van der Waals surface area contributed by atoms with Crippen LogP contribution >= 0.6 is 0 Å². The standard InChI is InChI=1S/C15H21NO2/c1-12(13-7-4-3-5-8-13)16-10-6-9-14(11-16)15(17)18-2/h3-5,7-8,12,14H,6,9-11H2,1-2H3. The van der Waals surface area contributed by atoms with Gasteiger partial charge < -0.3 is 4.74 Å². The van der Waals surface area contributed by atoms with Gasteiger partial charge in [-0.15, -0.1) is 0 Å². The maximum Gasteiger partial charge on any atom is 0.309 e. The average molecular weight is 247 g/mol. The van der Waals surface area contributed by atoms with Crippen molar-refractivity contribution in [1.82, 2.24) is 4.90 Å². The van der Waals surface area contributed by atoms with E-state index in [0.29, 0.717) is 6.04 Å². The second-order valence-electron chi connectivity index (χ2n) is 4.94. The summed E-state index contributed by atoms with van der Waals surface area (Å²) in [5, 5.41) is 0. The van der Waals surface area contributed by atoms with Gasteiger partial charge >= 0.3 is 5.97 Å². The lowest BCUT2D eigenvalue weighted by molar-refractivity contribution is -0.147. The Labute approximate surface area is 109 Å². The highest BCUT2D eigenvalue weighted by Crippen LogP contribution is 2.26. The van der Waals surface area contributed by atoms with Gasteiger partial charge in [-0.2, -0.15) is 0 Å². The molecule has 0 bridgehead atoms. The van der Waals surface area contributed by atoms with Crippen LogP contribution in [0.5, 0.6) is 0 Å². The van der Waals surface area contributed by atoms with Crippen molar-refractivity contribution in [3.05, 3.63) is 35.9 Å². The number of benzene rings is 1. The van der Waals surface area contributed by atoms with Crippen LogP contribution in [0.1, 0.15) is 31.4 Å². The van der Waals surface area contributed by atoms with Crippen LogP contribution in [0.3, 0.4) is 0 Å². The number of piperidine rings is 1. The molecule has 3 heteroatoms. The highest BCUT2D eigenvalue weighted by molar-refractivity contribution is 5.72. The average Bonchev–Trinajstić information content (AvgIpc) is 2.46. The van der Waals surface area contributed by atoms with Crippen LogP contribution in [0.15, 0.2) is 30.3 Å². The number of ether oxygens (including phenoxy) is 1. The molecule has 1 heterocycles. The molecule has 0 saturated carbocycles. The number of carbonyl (C=O) groups is 1. The van der Waals surface area contributed by atoms with E-state index >= 15 is 0 Å². The van der Waals surface area contributed by atoms with Crippen molar-refractivity contribution in [3.8, 4) is 0 Å². The molecule has 0 aromatic heterocycles. The fourth-order valence-electron chi connectivity index (χ4n) is 2.66. The van der Waals surface area contributed by atoms with Crippen LogP contribution in [0.25, 0.3) is 0 Å². The van der Waals surface area contributed by atoms with Crippen molar-refractivity contribution in [2.24, 2.45) is 5.92 Å². The normalized spacial score (nSPS) is 22.4. The highest BCUT2D eigenvalue weighted by Gasteiger charge is 2.29. The molecule has 1 aliphatic rings. The Bertz CT molecular complexity index is 391. The number of likely N-dealkylation sites (tertiary alicyclic amines) is 1. The second kappa shape index (κ2) is 6.01. The molecule has 1 aromatic carbocycles. The van der Waals surface area contributed by atoms with Crippen LogP contribution in [0, 0.1) is 5.92 Å². The predicted molar refractivity (Wildman–Crippen MR) is 71.2 cm³/mol. The number of carbonyl (C=O) groups excluding carboxylic acids is 1. The third-order valence-electron chi connectivity index (χ3n) is 3.82. The zero-order valence-electron chi connectivity index (χ0n) is 11.1. The first-order valence-electron chi connectivity index (χ1n) is 6.59. The fraction of sp³-hybridized carbons (Fsp3) is 0.533. The quantitative estimate of drug-likeness (QED) is 0.769. The van der Waals surface area contributed by atoms with Gasteiger partial charge in [-0.1, -0.05) is 30.3 Å². The topological polar surface area (TPSA) is 29.5 Å². The van der Waals surface area contributed by atoms with E-state index in [1.165, 1.54) is 12.7 Å². The van der Waals surface area contributed by atoms with E-state index in [1.807, 2.05) is 6.07 Å². The summed E-state index contributed by atoms with van der Waals surface area (Å²) in [4.78, 5) is 14.0. The molecule has 18 heavy (non-hydrogen) atoms. The lowest BCUT2D eigenvalue weighted by atomic mass is 9.95. The van der Waals surface area contributed by atoms with E-state index < -0.39 is 0 Å². The van der Waals surface area contributed by atoms with E-state index in [4.69, 9.17) is 4.74 Å². The monoisotopic (exact) mass is 247 g/mol. The van der Waals surface area contributed by atoms with E-state index in [-0.39, 0.29) is 11.9 Å². The summed E-state index contributed by atoms with van der Waals surface area (Å²) in [6, 6.07) is 10.8. The van der Waals surface area contributed by atoms with Crippen LogP contribution < -0.4 is 0 Å². The molecule has 1 saturated heterocycles. The molecule has 0 spiro atoms. The first-order chi connectivity index (χ1) is 8.72. The number of nitrogens with zero attached hydrogens (tertiary/aromatic N) is 1. The van der Waals surface area contributed by atoms with Gasteiger partial charge in [0.15, 0.2) is 0 Å². The Morgan fingerprint density at radius 2 is 2.11 bits per heavy atom. The Morgan fingerprint density at radius 3 is 2.78 bits per heavy atom. The largest absolute Gasteiger partial charge is 0.469 e. The highest BCUT2D eigenvalue weighted by atomic mass is 16.5. The Kier molecular flexibility index (Phi) is 4.37. The van der Waals surface area contributed by atoms with Crippen molar-refractivity contribution in [2.75, 3.05) is 20.2 Å². The molecule has 3 nitrogen and oxygen atoms in total. The summed E-state index contributed by atoms with van der Waals surface area (Å²) in [5.74, 6) is -0.0325. The van der Waals surface area contributed by atoms with E-state index in [0.717, 1.165) is 25.9 Å². The SMILES string of the molecule is COC(=O)C1CCCN(C(C)c2ccccc2)C1. The molecule has 98 valence electrons. The molecular weight excluding hydrogens is 226 g/mol. The zero-order valence-corrected chi connectivity index (χ0v) is 11.1. The number of methoxy groups -OCH3 is 1. The molecule has 2 rings (SSSR count). The first kappa shape index (κ1) is 13.1.